The van der Waals surface area contributed by atoms with Crippen molar-refractivity contribution in [3.8, 4) is 0 Å². The van der Waals surface area contributed by atoms with Gasteiger partial charge in [0.05, 0.1) is 6.34 Å². The van der Waals surface area contributed by atoms with Crippen molar-refractivity contribution in [2.24, 2.45) is 10.9 Å². The van der Waals surface area contributed by atoms with Crippen LogP contribution in [0.5, 0.6) is 0 Å². The van der Waals surface area contributed by atoms with Gasteiger partial charge < -0.3 is 15.0 Å². The highest BCUT2D eigenvalue weighted by atomic mass is 32.1. The number of thiocarbonyl (C=S) groups is 1. The van der Waals surface area contributed by atoms with Crippen molar-refractivity contribution in [3.05, 3.63) is 0 Å². The van der Waals surface area contributed by atoms with Crippen LogP contribution in [0.2, 0.25) is 0 Å². The van der Waals surface area contributed by atoms with Crippen LogP contribution in [-0.4, -0.2) is 54.3 Å². The zero-order valence-electron chi connectivity index (χ0n) is 13.7. The van der Waals surface area contributed by atoms with E-state index in [1.807, 2.05) is 21.0 Å². The van der Waals surface area contributed by atoms with Crippen molar-refractivity contribution < 1.29 is 9.53 Å². The number of nitrogens with zero attached hydrogens (tertiary/aromatic N) is 2. The molecule has 0 amide bonds. The van der Waals surface area contributed by atoms with Gasteiger partial charge in [-0.15, -0.1) is 0 Å². The summed E-state index contributed by atoms with van der Waals surface area (Å²) in [7, 11) is 3.69. The van der Waals surface area contributed by atoms with Gasteiger partial charge in [-0.25, -0.2) is 9.79 Å². The summed E-state index contributed by atoms with van der Waals surface area (Å²) in [6.07, 6.45) is 2.24. The van der Waals surface area contributed by atoms with Gasteiger partial charge >= 0.3 is 5.97 Å². The quantitative estimate of drug-likeness (QED) is 0.338. The fraction of sp³-hybridized carbons (Fsp3) is 0.714. The first kappa shape index (κ1) is 19.5. The Morgan fingerprint density at radius 2 is 2.05 bits per heavy atom. The van der Waals surface area contributed by atoms with Crippen LogP contribution < -0.4 is 5.32 Å². The van der Waals surface area contributed by atoms with E-state index in [9.17, 15) is 4.79 Å². The summed E-state index contributed by atoms with van der Waals surface area (Å²) in [6.45, 7) is 7.64. The maximum absolute atomic E-state index is 11.9. The van der Waals surface area contributed by atoms with Crippen molar-refractivity contribution in [2.75, 3.05) is 20.6 Å². The fourth-order valence-electron chi connectivity index (χ4n) is 1.37. The Morgan fingerprint density at radius 1 is 1.48 bits per heavy atom. The van der Waals surface area contributed by atoms with E-state index in [1.165, 1.54) is 0 Å². The molecule has 0 aromatic carbocycles. The van der Waals surface area contributed by atoms with Crippen molar-refractivity contribution in [1.29, 1.82) is 5.41 Å². The number of carbonyl (C=O) groups excluding carboxylic acids is 1. The molecule has 0 heterocycles. The molecule has 0 spiro atoms. The van der Waals surface area contributed by atoms with E-state index in [1.54, 1.807) is 32.0 Å². The van der Waals surface area contributed by atoms with Crippen LogP contribution in [-0.2, 0) is 9.53 Å². The van der Waals surface area contributed by atoms with Crippen molar-refractivity contribution in [3.63, 3.8) is 0 Å². The van der Waals surface area contributed by atoms with Crippen LogP contribution in [0.3, 0.4) is 0 Å². The van der Waals surface area contributed by atoms with Crippen LogP contribution in [0.1, 0.15) is 34.1 Å². The molecule has 0 rings (SSSR count). The lowest BCUT2D eigenvalue weighted by Gasteiger charge is -2.22. The molecular weight excluding hydrogens is 288 g/mol. The predicted octanol–water partition coefficient (Wildman–Crippen LogP) is 1.84. The Balaban J connectivity index is 4.48. The van der Waals surface area contributed by atoms with Crippen LogP contribution in [0.4, 0.5) is 0 Å². The summed E-state index contributed by atoms with van der Waals surface area (Å²) in [5, 5.41) is 11.2. The molecule has 6 nitrogen and oxygen atoms in total. The maximum Gasteiger partial charge on any atom is 0.352 e. The zero-order valence-corrected chi connectivity index (χ0v) is 14.5. The standard InChI is InChI=1S/C14H26N4O2S/c1-7-10(8-16-13(21)17-9-18(5)6)11(15)12(19)20-14(2,3)4/h9-10,15H,7-8H2,1-6H3,(H,16,21)/t10-/m0/s1. The predicted molar refractivity (Wildman–Crippen MR) is 90.1 cm³/mol. The van der Waals surface area contributed by atoms with Crippen LogP contribution >= 0.6 is 12.2 Å². The Kier molecular flexibility index (Phi) is 8.09. The van der Waals surface area contributed by atoms with E-state index in [4.69, 9.17) is 22.4 Å². The van der Waals surface area contributed by atoms with E-state index in [-0.39, 0.29) is 11.6 Å². The summed E-state index contributed by atoms with van der Waals surface area (Å²) < 4.78 is 5.21. The summed E-state index contributed by atoms with van der Waals surface area (Å²) in [5.74, 6) is -0.841. The number of esters is 1. The molecule has 0 saturated heterocycles. The van der Waals surface area contributed by atoms with Crippen LogP contribution in [0.15, 0.2) is 4.99 Å². The smallest absolute Gasteiger partial charge is 0.352 e. The molecule has 7 heteroatoms. The number of aliphatic imine (C=N–C) groups is 1. The molecule has 1 atom stereocenters. The molecule has 0 unspecified atom stereocenters. The minimum absolute atomic E-state index is 0.0423. The van der Waals surface area contributed by atoms with Gasteiger partial charge in [-0.2, -0.15) is 0 Å². The molecule has 2 N–H and O–H groups in total. The molecule has 0 aliphatic rings. The van der Waals surface area contributed by atoms with E-state index in [2.05, 4.69) is 10.3 Å². The van der Waals surface area contributed by atoms with E-state index < -0.39 is 11.6 Å². The number of nitrogens with one attached hydrogen (secondary N) is 2. The SMILES string of the molecule is CC[C@@H](CNC(=S)N=CN(C)C)C(=N)C(=O)OC(C)(C)C. The number of rotatable bonds is 6. The normalized spacial score (nSPS) is 12.9. The third-order valence-corrected chi connectivity index (χ3v) is 2.68. The van der Waals surface area contributed by atoms with Crippen molar-refractivity contribution in [1.82, 2.24) is 10.2 Å². The van der Waals surface area contributed by atoms with E-state index >= 15 is 0 Å². The minimum atomic E-state index is -0.597. The molecule has 0 aliphatic heterocycles. The first-order chi connectivity index (χ1) is 9.56. The largest absolute Gasteiger partial charge is 0.455 e. The topological polar surface area (TPSA) is 77.8 Å². The zero-order chi connectivity index (χ0) is 16.6. The number of carbonyl (C=O) groups is 1. The van der Waals surface area contributed by atoms with Gasteiger partial charge in [0.1, 0.15) is 11.3 Å². The molecule has 120 valence electrons. The van der Waals surface area contributed by atoms with Gasteiger partial charge in [-0.3, -0.25) is 5.41 Å². The molecule has 0 saturated carbocycles. The number of hydrogen-bond donors (Lipinski definition) is 2. The fourth-order valence-corrected chi connectivity index (χ4v) is 1.50. The Bertz CT molecular complexity index is 414. The second-order valence-electron chi connectivity index (χ2n) is 5.91. The molecule has 0 aromatic rings. The number of ether oxygens (including phenoxy) is 1. The average molecular weight is 314 g/mol. The van der Waals surface area contributed by atoms with Crippen LogP contribution in [0.25, 0.3) is 0 Å². The van der Waals surface area contributed by atoms with Gasteiger partial charge in [0.2, 0.25) is 0 Å². The van der Waals surface area contributed by atoms with Gasteiger partial charge in [-0.05, 0) is 39.4 Å². The highest BCUT2D eigenvalue weighted by Gasteiger charge is 2.25. The van der Waals surface area contributed by atoms with Crippen molar-refractivity contribution >= 4 is 35.3 Å². The summed E-state index contributed by atoms with van der Waals surface area (Å²) in [4.78, 5) is 17.7. The Labute approximate surface area is 132 Å². The molecule has 0 aliphatic carbocycles. The molecule has 0 radical (unpaired) electrons. The monoisotopic (exact) mass is 314 g/mol. The Hall–Kier alpha value is -1.50. The third kappa shape index (κ3) is 9.12. The van der Waals surface area contributed by atoms with Gasteiger partial charge in [0.15, 0.2) is 5.11 Å². The molecule has 21 heavy (non-hydrogen) atoms. The summed E-state index contributed by atoms with van der Waals surface area (Å²) >= 11 is 5.06. The first-order valence-corrected chi connectivity index (χ1v) is 7.28. The van der Waals surface area contributed by atoms with Crippen LogP contribution in [0, 0.1) is 11.3 Å². The third-order valence-electron chi connectivity index (χ3n) is 2.43. The second kappa shape index (κ2) is 8.71. The first-order valence-electron chi connectivity index (χ1n) is 6.87. The van der Waals surface area contributed by atoms with E-state index in [0.717, 1.165) is 0 Å². The average Bonchev–Trinajstić information content (AvgIpc) is 2.34. The highest BCUT2D eigenvalue weighted by molar-refractivity contribution is 7.80. The molecule has 0 bridgehead atoms. The lowest BCUT2D eigenvalue weighted by Crippen LogP contribution is -2.37. The van der Waals surface area contributed by atoms with Gasteiger partial charge in [0.25, 0.3) is 0 Å². The summed E-state index contributed by atoms with van der Waals surface area (Å²) in [6, 6.07) is 0. The maximum atomic E-state index is 11.9. The molecule has 0 aromatic heterocycles. The summed E-state index contributed by atoms with van der Waals surface area (Å²) in [5.41, 5.74) is -0.639. The van der Waals surface area contributed by atoms with E-state index in [0.29, 0.717) is 18.1 Å². The van der Waals surface area contributed by atoms with Gasteiger partial charge in [0, 0.05) is 26.6 Å². The molecular formula is C14H26N4O2S. The lowest BCUT2D eigenvalue weighted by molar-refractivity contribution is -0.146. The van der Waals surface area contributed by atoms with Gasteiger partial charge in [-0.1, -0.05) is 6.92 Å². The van der Waals surface area contributed by atoms with Crippen molar-refractivity contribution in [2.45, 2.75) is 39.7 Å². The highest BCUT2D eigenvalue weighted by Crippen LogP contribution is 2.11. The molecule has 0 fully saturated rings. The minimum Gasteiger partial charge on any atom is -0.455 e. The Morgan fingerprint density at radius 3 is 2.48 bits per heavy atom. The number of hydrogen-bond acceptors (Lipinski definition) is 4. The lowest BCUT2D eigenvalue weighted by atomic mass is 10.00. The second-order valence-corrected chi connectivity index (χ2v) is 6.30.